The van der Waals surface area contributed by atoms with Crippen molar-refractivity contribution in [1.82, 2.24) is 5.43 Å². The van der Waals surface area contributed by atoms with E-state index in [4.69, 9.17) is 34.8 Å². The van der Waals surface area contributed by atoms with Gasteiger partial charge in [-0.15, -0.1) is 0 Å². The van der Waals surface area contributed by atoms with E-state index in [1.165, 1.54) is 36.2 Å². The number of hydrogen-bond donors (Lipinski definition) is 2. The normalized spacial score (nSPS) is 18.1. The molecule has 0 fully saturated rings. The Labute approximate surface area is 180 Å². The van der Waals surface area contributed by atoms with Crippen LogP contribution in [0.5, 0.6) is 0 Å². The highest BCUT2D eigenvalue weighted by Crippen LogP contribution is 2.47. The van der Waals surface area contributed by atoms with E-state index >= 15 is 0 Å². The zero-order valence-corrected chi connectivity index (χ0v) is 17.1. The molecule has 2 aromatic rings. The first-order valence-electron chi connectivity index (χ1n) is 8.32. The lowest BCUT2D eigenvalue weighted by Crippen LogP contribution is -2.54. The van der Waals surface area contributed by atoms with Crippen LogP contribution in [0.15, 0.2) is 30.3 Å². The van der Waals surface area contributed by atoms with Crippen LogP contribution in [0, 0.1) is 10.1 Å². The SMILES string of the molecule is CC(=O)NN1c2cc(Cl)cc(Cl)c2[C@@H](c2ccc(Cl)c([N+](=O)[O-])c2)C[C@@H]1C(=O)O. The third-order valence-corrected chi connectivity index (χ3v) is 5.43. The summed E-state index contributed by atoms with van der Waals surface area (Å²) < 4.78 is 0. The van der Waals surface area contributed by atoms with Crippen LogP contribution in [0.4, 0.5) is 11.4 Å². The van der Waals surface area contributed by atoms with Crippen LogP contribution in [0.2, 0.25) is 15.1 Å². The van der Waals surface area contributed by atoms with Crippen molar-refractivity contribution < 1.29 is 19.6 Å². The minimum absolute atomic E-state index is 0.00273. The van der Waals surface area contributed by atoms with Crippen LogP contribution in [0.1, 0.15) is 30.4 Å². The lowest BCUT2D eigenvalue weighted by atomic mass is 9.81. The quantitative estimate of drug-likeness (QED) is 0.518. The van der Waals surface area contributed by atoms with Crippen molar-refractivity contribution in [2.24, 2.45) is 0 Å². The summed E-state index contributed by atoms with van der Waals surface area (Å²) in [5.41, 5.74) is 3.48. The number of carboxylic acid groups (broad SMARTS) is 1. The lowest BCUT2D eigenvalue weighted by Gasteiger charge is -2.40. The molecule has 2 N–H and O–H groups in total. The zero-order valence-electron chi connectivity index (χ0n) is 14.9. The maximum Gasteiger partial charge on any atom is 0.328 e. The number of nitro groups is 1. The van der Waals surface area contributed by atoms with Crippen molar-refractivity contribution in [2.75, 3.05) is 5.01 Å². The van der Waals surface area contributed by atoms with E-state index in [0.717, 1.165) is 0 Å². The maximum absolute atomic E-state index is 11.9. The van der Waals surface area contributed by atoms with Gasteiger partial charge in [0.1, 0.15) is 11.1 Å². The van der Waals surface area contributed by atoms with E-state index in [-0.39, 0.29) is 27.2 Å². The molecule has 3 rings (SSSR count). The molecule has 1 aliphatic heterocycles. The van der Waals surface area contributed by atoms with Gasteiger partial charge in [-0.2, -0.15) is 0 Å². The molecule has 0 bridgehead atoms. The van der Waals surface area contributed by atoms with Gasteiger partial charge in [0.25, 0.3) is 5.69 Å². The summed E-state index contributed by atoms with van der Waals surface area (Å²) in [7, 11) is 0. The van der Waals surface area contributed by atoms with Crippen LogP contribution in [0.25, 0.3) is 0 Å². The van der Waals surface area contributed by atoms with Crippen LogP contribution >= 0.6 is 34.8 Å². The Balaban J connectivity index is 2.24. The number of rotatable bonds is 4. The Morgan fingerprint density at radius 3 is 2.48 bits per heavy atom. The van der Waals surface area contributed by atoms with Crippen molar-refractivity contribution in [3.05, 3.63) is 66.6 Å². The molecule has 1 amide bonds. The first kappa shape index (κ1) is 21.2. The fraction of sp³-hybridized carbons (Fsp3) is 0.222. The molecule has 2 aromatic carbocycles. The summed E-state index contributed by atoms with van der Waals surface area (Å²) in [6.07, 6.45) is 0.00273. The van der Waals surface area contributed by atoms with Crippen molar-refractivity contribution in [3.63, 3.8) is 0 Å². The average molecular weight is 459 g/mol. The number of carbonyl (C=O) groups excluding carboxylic acids is 1. The Kier molecular flexibility index (Phi) is 5.88. The Morgan fingerprint density at radius 2 is 1.90 bits per heavy atom. The summed E-state index contributed by atoms with van der Waals surface area (Å²) in [5, 5.41) is 22.7. The molecule has 0 aromatic heterocycles. The van der Waals surface area contributed by atoms with E-state index in [9.17, 15) is 24.8 Å². The molecule has 1 aliphatic rings. The maximum atomic E-state index is 11.9. The number of carbonyl (C=O) groups is 2. The van der Waals surface area contributed by atoms with Crippen LogP contribution < -0.4 is 10.4 Å². The highest BCUT2D eigenvalue weighted by molar-refractivity contribution is 6.36. The van der Waals surface area contributed by atoms with Gasteiger partial charge in [0.05, 0.1) is 10.6 Å². The third kappa shape index (κ3) is 4.10. The molecule has 1 heterocycles. The van der Waals surface area contributed by atoms with Crippen molar-refractivity contribution in [2.45, 2.75) is 25.3 Å². The van der Waals surface area contributed by atoms with Gasteiger partial charge in [-0.1, -0.05) is 40.9 Å². The number of halogens is 3. The molecule has 0 saturated heterocycles. The second-order valence-electron chi connectivity index (χ2n) is 6.47. The molecule has 11 heteroatoms. The predicted octanol–water partition coefficient (Wildman–Crippen LogP) is 4.40. The minimum Gasteiger partial charge on any atom is -0.480 e. The number of hydrogen-bond acceptors (Lipinski definition) is 5. The number of nitrogens with one attached hydrogen (secondary N) is 1. The van der Waals surface area contributed by atoms with Gasteiger partial charge in [-0.25, -0.2) is 4.79 Å². The van der Waals surface area contributed by atoms with Gasteiger partial charge in [0, 0.05) is 34.5 Å². The number of amides is 1. The molecule has 0 spiro atoms. The van der Waals surface area contributed by atoms with Gasteiger partial charge >= 0.3 is 5.97 Å². The van der Waals surface area contributed by atoms with Gasteiger partial charge in [-0.05, 0) is 30.2 Å². The fourth-order valence-corrected chi connectivity index (χ4v) is 4.24. The monoisotopic (exact) mass is 457 g/mol. The summed E-state index contributed by atoms with van der Waals surface area (Å²) >= 11 is 18.4. The first-order chi connectivity index (χ1) is 13.6. The number of benzene rings is 2. The molecule has 8 nitrogen and oxygen atoms in total. The van der Waals surface area contributed by atoms with Crippen molar-refractivity contribution >= 4 is 58.1 Å². The largest absolute Gasteiger partial charge is 0.480 e. The molecule has 2 atom stereocenters. The number of hydrazine groups is 1. The molecule has 0 saturated carbocycles. The summed E-state index contributed by atoms with van der Waals surface area (Å²) in [5.74, 6) is -2.26. The topological polar surface area (TPSA) is 113 Å². The number of aliphatic carboxylic acids is 1. The van der Waals surface area contributed by atoms with E-state index in [1.54, 1.807) is 6.07 Å². The number of nitrogens with zero attached hydrogens (tertiary/aromatic N) is 2. The molecule has 0 radical (unpaired) electrons. The lowest BCUT2D eigenvalue weighted by molar-refractivity contribution is -0.384. The molecular formula is C18H14Cl3N3O5. The molecule has 0 aliphatic carbocycles. The van der Waals surface area contributed by atoms with E-state index in [1.807, 2.05) is 0 Å². The first-order valence-corrected chi connectivity index (χ1v) is 9.45. The van der Waals surface area contributed by atoms with E-state index in [2.05, 4.69) is 5.43 Å². The predicted molar refractivity (Wildman–Crippen MR) is 109 cm³/mol. The number of fused-ring (bicyclic) bond motifs is 1. The van der Waals surface area contributed by atoms with Crippen LogP contribution in [0.3, 0.4) is 0 Å². The second kappa shape index (κ2) is 8.06. The van der Waals surface area contributed by atoms with E-state index < -0.39 is 28.8 Å². The van der Waals surface area contributed by atoms with E-state index in [0.29, 0.717) is 16.8 Å². The number of anilines is 1. The highest BCUT2D eigenvalue weighted by atomic mass is 35.5. The van der Waals surface area contributed by atoms with Gasteiger partial charge in [-0.3, -0.25) is 25.3 Å². The Hall–Kier alpha value is -2.55. The summed E-state index contributed by atoms with van der Waals surface area (Å²) in [4.78, 5) is 34.3. The molecular weight excluding hydrogens is 445 g/mol. The Morgan fingerprint density at radius 1 is 1.21 bits per heavy atom. The van der Waals surface area contributed by atoms with Crippen molar-refractivity contribution in [1.29, 1.82) is 0 Å². The molecule has 0 unspecified atom stereocenters. The molecule has 29 heavy (non-hydrogen) atoms. The summed E-state index contributed by atoms with van der Waals surface area (Å²) in [6, 6.07) is 6.10. The second-order valence-corrected chi connectivity index (χ2v) is 7.72. The summed E-state index contributed by atoms with van der Waals surface area (Å²) in [6.45, 7) is 1.25. The fourth-order valence-electron chi connectivity index (χ4n) is 3.44. The van der Waals surface area contributed by atoms with Crippen LogP contribution in [-0.4, -0.2) is 27.9 Å². The standard InChI is InChI=1S/C18H14Cl3N3O5/c1-8(25)22-23-15-6-10(19)5-13(21)17(15)11(7-16(23)18(26)27)9-2-3-12(20)14(4-9)24(28)29/h2-6,11,16H,7H2,1H3,(H,22,25)(H,26,27)/t11-,16-/m1/s1. The van der Waals surface area contributed by atoms with Gasteiger partial charge in [0.15, 0.2) is 0 Å². The van der Waals surface area contributed by atoms with Crippen LogP contribution in [-0.2, 0) is 9.59 Å². The minimum atomic E-state index is -1.19. The third-order valence-electron chi connectivity index (χ3n) is 4.58. The number of carboxylic acids is 1. The van der Waals surface area contributed by atoms with Gasteiger partial charge in [0.2, 0.25) is 5.91 Å². The zero-order chi connectivity index (χ0) is 21.5. The Bertz CT molecular complexity index is 1030. The smallest absolute Gasteiger partial charge is 0.328 e. The average Bonchev–Trinajstić information content (AvgIpc) is 2.61. The number of nitro benzene ring substituents is 1. The molecule has 152 valence electrons. The highest BCUT2D eigenvalue weighted by Gasteiger charge is 2.40. The van der Waals surface area contributed by atoms with Crippen molar-refractivity contribution in [3.8, 4) is 0 Å². The van der Waals surface area contributed by atoms with Gasteiger partial charge < -0.3 is 5.11 Å².